The predicted molar refractivity (Wildman–Crippen MR) is 86.2 cm³/mol. The van der Waals surface area contributed by atoms with Crippen LogP contribution in [0.4, 0.5) is 0 Å². The molecule has 1 aliphatic rings. The van der Waals surface area contributed by atoms with E-state index >= 15 is 0 Å². The van der Waals surface area contributed by atoms with Crippen LogP contribution in [0.2, 0.25) is 0 Å². The summed E-state index contributed by atoms with van der Waals surface area (Å²) in [4.78, 5) is 0. The summed E-state index contributed by atoms with van der Waals surface area (Å²) in [5.41, 5.74) is 6.98. The Bertz CT molecular complexity index is 524. The molecule has 21 heavy (non-hydrogen) atoms. The Morgan fingerprint density at radius 2 is 1.95 bits per heavy atom. The van der Waals surface area contributed by atoms with E-state index in [1.54, 1.807) is 4.31 Å². The van der Waals surface area contributed by atoms with E-state index in [1.807, 2.05) is 30.3 Å². The molecular weight excluding hydrogens is 312 g/mol. The lowest BCUT2D eigenvalue weighted by Crippen LogP contribution is -2.33. The minimum Gasteiger partial charge on any atom is -0.384 e. The molecule has 2 rings (SSSR count). The van der Waals surface area contributed by atoms with Crippen molar-refractivity contribution in [3.63, 3.8) is 0 Å². The van der Waals surface area contributed by atoms with Crippen LogP contribution in [0, 0.1) is 5.92 Å². The molecule has 2 atom stereocenters. The van der Waals surface area contributed by atoms with Gasteiger partial charge in [-0.2, -0.15) is 0 Å². The molecule has 0 bridgehead atoms. The van der Waals surface area contributed by atoms with Gasteiger partial charge in [0.25, 0.3) is 0 Å². The summed E-state index contributed by atoms with van der Waals surface area (Å²) in [6.07, 6.45) is 0. The van der Waals surface area contributed by atoms with Crippen molar-refractivity contribution in [3.8, 4) is 0 Å². The van der Waals surface area contributed by atoms with E-state index in [9.17, 15) is 8.42 Å². The molecule has 1 fully saturated rings. The van der Waals surface area contributed by atoms with Gasteiger partial charge in [-0.05, 0) is 18.0 Å². The first-order chi connectivity index (χ1) is 9.58. The third kappa shape index (κ3) is 4.40. The summed E-state index contributed by atoms with van der Waals surface area (Å²) >= 11 is 0. The molecule has 0 radical (unpaired) electrons. The van der Waals surface area contributed by atoms with Crippen LogP contribution >= 0.6 is 12.4 Å². The zero-order valence-corrected chi connectivity index (χ0v) is 13.8. The van der Waals surface area contributed by atoms with Crippen molar-refractivity contribution in [2.24, 2.45) is 11.7 Å². The molecule has 1 aromatic rings. The Labute approximate surface area is 132 Å². The average Bonchev–Trinajstić information content (AvgIpc) is 2.91. The highest BCUT2D eigenvalue weighted by atomic mass is 35.5. The smallest absolute Gasteiger partial charge is 0.216 e. The first-order valence-corrected chi connectivity index (χ1v) is 8.41. The molecule has 0 saturated carbocycles. The number of halogens is 1. The molecule has 0 amide bonds. The Morgan fingerprint density at radius 1 is 1.29 bits per heavy atom. The maximum Gasteiger partial charge on any atom is 0.216 e. The quantitative estimate of drug-likeness (QED) is 0.844. The fourth-order valence-corrected chi connectivity index (χ4v) is 4.14. The van der Waals surface area contributed by atoms with Gasteiger partial charge in [0.1, 0.15) is 0 Å². The lowest BCUT2D eigenvalue weighted by molar-refractivity contribution is 0.215. The van der Waals surface area contributed by atoms with Crippen LogP contribution < -0.4 is 5.73 Å². The number of nitrogens with zero attached hydrogens (tertiary/aromatic N) is 1. The van der Waals surface area contributed by atoms with Crippen molar-refractivity contribution in [1.29, 1.82) is 0 Å². The summed E-state index contributed by atoms with van der Waals surface area (Å²) < 4.78 is 30.9. The van der Waals surface area contributed by atoms with E-state index in [2.05, 4.69) is 0 Å². The van der Waals surface area contributed by atoms with Gasteiger partial charge in [-0.25, -0.2) is 12.7 Å². The van der Waals surface area contributed by atoms with Crippen molar-refractivity contribution in [1.82, 2.24) is 4.31 Å². The van der Waals surface area contributed by atoms with Crippen LogP contribution in [0.1, 0.15) is 11.5 Å². The van der Waals surface area contributed by atoms with Gasteiger partial charge in [-0.3, -0.25) is 0 Å². The van der Waals surface area contributed by atoms with Crippen molar-refractivity contribution in [2.45, 2.75) is 5.92 Å². The van der Waals surface area contributed by atoms with E-state index in [0.717, 1.165) is 5.56 Å². The van der Waals surface area contributed by atoms with Crippen LogP contribution in [0.15, 0.2) is 30.3 Å². The minimum atomic E-state index is -3.25. The molecule has 7 heteroatoms. The number of hydrogen-bond acceptors (Lipinski definition) is 4. The normalized spacial score (nSPS) is 23.0. The molecular formula is C14H23ClN2O3S. The molecule has 1 heterocycles. The molecule has 2 N–H and O–H groups in total. The SMILES string of the molecule is COCCS(=O)(=O)N1C[C@@H](CN)[C@H](c2ccccc2)C1.Cl. The number of sulfonamides is 1. The maximum absolute atomic E-state index is 12.2. The van der Waals surface area contributed by atoms with Crippen LogP contribution in [-0.2, 0) is 14.8 Å². The first-order valence-electron chi connectivity index (χ1n) is 6.80. The second-order valence-corrected chi connectivity index (χ2v) is 7.23. The third-order valence-electron chi connectivity index (χ3n) is 3.88. The van der Waals surface area contributed by atoms with E-state index < -0.39 is 10.0 Å². The Morgan fingerprint density at radius 3 is 2.52 bits per heavy atom. The highest BCUT2D eigenvalue weighted by molar-refractivity contribution is 7.89. The number of methoxy groups -OCH3 is 1. The molecule has 1 aliphatic heterocycles. The zero-order valence-electron chi connectivity index (χ0n) is 12.1. The number of ether oxygens (including phenoxy) is 1. The average molecular weight is 335 g/mol. The number of nitrogens with two attached hydrogens (primary N) is 1. The van der Waals surface area contributed by atoms with Gasteiger partial charge in [0.05, 0.1) is 12.4 Å². The number of hydrogen-bond donors (Lipinski definition) is 1. The van der Waals surface area contributed by atoms with Crippen molar-refractivity contribution in [2.75, 3.05) is 39.1 Å². The zero-order chi connectivity index (χ0) is 14.6. The molecule has 1 saturated heterocycles. The summed E-state index contributed by atoms with van der Waals surface area (Å²) in [6, 6.07) is 10.00. The molecule has 120 valence electrons. The van der Waals surface area contributed by atoms with Crippen molar-refractivity contribution >= 4 is 22.4 Å². The second kappa shape index (κ2) is 8.10. The van der Waals surface area contributed by atoms with Gasteiger partial charge in [-0.15, -0.1) is 12.4 Å². The molecule has 5 nitrogen and oxygen atoms in total. The monoisotopic (exact) mass is 334 g/mol. The number of rotatable bonds is 6. The second-order valence-electron chi connectivity index (χ2n) is 5.14. The van der Waals surface area contributed by atoms with Gasteiger partial charge < -0.3 is 10.5 Å². The van der Waals surface area contributed by atoms with Gasteiger partial charge in [0.2, 0.25) is 10.0 Å². The van der Waals surface area contributed by atoms with Crippen LogP contribution in [0.3, 0.4) is 0 Å². The lowest BCUT2D eigenvalue weighted by Gasteiger charge is -2.16. The molecule has 0 aliphatic carbocycles. The largest absolute Gasteiger partial charge is 0.384 e. The predicted octanol–water partition coefficient (Wildman–Crippen LogP) is 1.06. The van der Waals surface area contributed by atoms with Crippen molar-refractivity contribution < 1.29 is 13.2 Å². The van der Waals surface area contributed by atoms with E-state index in [-0.39, 0.29) is 36.6 Å². The highest BCUT2D eigenvalue weighted by Crippen LogP contribution is 2.33. The summed E-state index contributed by atoms with van der Waals surface area (Å²) in [5, 5.41) is 0. The summed E-state index contributed by atoms with van der Waals surface area (Å²) in [7, 11) is -1.74. The van der Waals surface area contributed by atoms with Gasteiger partial charge in [0, 0.05) is 26.1 Å². The highest BCUT2D eigenvalue weighted by Gasteiger charge is 2.38. The first kappa shape index (κ1) is 18.4. The molecule has 0 unspecified atom stereocenters. The topological polar surface area (TPSA) is 72.6 Å². The van der Waals surface area contributed by atoms with Gasteiger partial charge >= 0.3 is 0 Å². The fraction of sp³-hybridized carbons (Fsp3) is 0.571. The Kier molecular flexibility index (Phi) is 7.09. The molecule has 1 aromatic carbocycles. The summed E-state index contributed by atoms with van der Waals surface area (Å²) in [6.45, 7) is 1.73. The fourth-order valence-electron chi connectivity index (χ4n) is 2.69. The molecule has 0 aromatic heterocycles. The minimum absolute atomic E-state index is 0. The van der Waals surface area contributed by atoms with Gasteiger partial charge in [-0.1, -0.05) is 30.3 Å². The third-order valence-corrected chi connectivity index (χ3v) is 5.64. The van der Waals surface area contributed by atoms with Crippen molar-refractivity contribution in [3.05, 3.63) is 35.9 Å². The standard InChI is InChI=1S/C14H22N2O3S.ClH/c1-19-7-8-20(17,18)16-10-13(9-15)14(11-16)12-5-3-2-4-6-12;/h2-6,13-14H,7-11,15H2,1H3;1H/t13-,14+;/m1./s1. The maximum atomic E-state index is 12.2. The van der Waals surface area contributed by atoms with E-state index in [4.69, 9.17) is 10.5 Å². The number of benzene rings is 1. The Balaban J connectivity index is 0.00000220. The lowest BCUT2D eigenvalue weighted by atomic mass is 9.89. The Hall–Kier alpha value is -0.660. The van der Waals surface area contributed by atoms with Crippen LogP contribution in [0.25, 0.3) is 0 Å². The summed E-state index contributed by atoms with van der Waals surface area (Å²) in [5.74, 6) is 0.385. The van der Waals surface area contributed by atoms with Crippen LogP contribution in [0.5, 0.6) is 0 Å². The van der Waals surface area contributed by atoms with Crippen LogP contribution in [-0.4, -0.2) is 51.8 Å². The van der Waals surface area contributed by atoms with Gasteiger partial charge in [0.15, 0.2) is 0 Å². The van der Waals surface area contributed by atoms with E-state index in [0.29, 0.717) is 19.6 Å². The van der Waals surface area contributed by atoms with E-state index in [1.165, 1.54) is 7.11 Å². The molecule has 0 spiro atoms.